The first-order valence-electron chi connectivity index (χ1n) is 5.84. The van der Waals surface area contributed by atoms with Crippen molar-refractivity contribution in [3.05, 3.63) is 32.7 Å². The molecule has 8 nitrogen and oxygen atoms in total. The van der Waals surface area contributed by atoms with Crippen molar-refractivity contribution in [1.82, 2.24) is 0 Å². The Morgan fingerprint density at radius 2 is 2.29 bits per heavy atom. The fourth-order valence-electron chi connectivity index (χ4n) is 1.68. The van der Waals surface area contributed by atoms with Crippen molar-refractivity contribution < 1.29 is 19.6 Å². The number of aromatic hydroxyl groups is 1. The van der Waals surface area contributed by atoms with Crippen molar-refractivity contribution in [2.24, 2.45) is 10.7 Å². The monoisotopic (exact) mass is 309 g/mol. The van der Waals surface area contributed by atoms with Crippen LogP contribution in [0, 0.1) is 10.1 Å². The van der Waals surface area contributed by atoms with E-state index in [0.717, 1.165) is 17.8 Å². The number of carbonyl (C=O) groups excluding carboxylic acids is 1. The van der Waals surface area contributed by atoms with Crippen LogP contribution in [0.2, 0.25) is 0 Å². The van der Waals surface area contributed by atoms with E-state index in [1.807, 2.05) is 0 Å². The molecule has 1 heterocycles. The summed E-state index contributed by atoms with van der Waals surface area (Å²) < 4.78 is 5.15. The minimum absolute atomic E-state index is 0.0251. The zero-order chi connectivity index (χ0) is 15.6. The number of nitro benzene ring substituents is 1. The summed E-state index contributed by atoms with van der Waals surface area (Å²) in [5.74, 6) is -1.08. The maximum absolute atomic E-state index is 11.5. The van der Waals surface area contributed by atoms with Crippen LogP contribution in [0.3, 0.4) is 0 Å². The summed E-state index contributed by atoms with van der Waals surface area (Å²) in [6.45, 7) is 1.91. The first kappa shape index (κ1) is 14.9. The SMILES string of the molecule is CCOc1cc(C=C2SC(N)=NC2=O)cc([N+](=O)[O-])c1O. The van der Waals surface area contributed by atoms with Gasteiger partial charge in [0.05, 0.1) is 16.4 Å². The number of aliphatic imine (C=N–C) groups is 1. The van der Waals surface area contributed by atoms with E-state index < -0.39 is 22.3 Å². The highest BCUT2D eigenvalue weighted by Crippen LogP contribution is 2.38. The van der Waals surface area contributed by atoms with Gasteiger partial charge in [-0.1, -0.05) is 0 Å². The van der Waals surface area contributed by atoms with Crippen molar-refractivity contribution in [2.45, 2.75) is 6.92 Å². The molecule has 0 unspecified atom stereocenters. The second kappa shape index (κ2) is 5.83. The molecule has 0 atom stereocenters. The Kier molecular flexibility index (Phi) is 4.13. The molecule has 2 rings (SSSR count). The Balaban J connectivity index is 2.47. The molecule has 0 aromatic heterocycles. The van der Waals surface area contributed by atoms with Crippen molar-refractivity contribution in [1.29, 1.82) is 0 Å². The summed E-state index contributed by atoms with van der Waals surface area (Å²) >= 11 is 0.972. The second-order valence-electron chi connectivity index (χ2n) is 3.94. The molecule has 0 spiro atoms. The van der Waals surface area contributed by atoms with Gasteiger partial charge in [0.1, 0.15) is 0 Å². The van der Waals surface area contributed by atoms with Gasteiger partial charge in [-0.2, -0.15) is 4.99 Å². The summed E-state index contributed by atoms with van der Waals surface area (Å²) in [5.41, 5.74) is 5.26. The highest BCUT2D eigenvalue weighted by atomic mass is 32.2. The highest BCUT2D eigenvalue weighted by molar-refractivity contribution is 8.18. The summed E-state index contributed by atoms with van der Waals surface area (Å²) in [6.07, 6.45) is 1.41. The van der Waals surface area contributed by atoms with E-state index in [1.165, 1.54) is 12.1 Å². The van der Waals surface area contributed by atoms with E-state index >= 15 is 0 Å². The van der Waals surface area contributed by atoms with Crippen molar-refractivity contribution >= 4 is 34.6 Å². The lowest BCUT2D eigenvalue weighted by molar-refractivity contribution is -0.386. The predicted molar refractivity (Wildman–Crippen MR) is 78.1 cm³/mol. The average Bonchev–Trinajstić information content (AvgIpc) is 2.71. The zero-order valence-electron chi connectivity index (χ0n) is 10.9. The molecule has 3 N–H and O–H groups in total. The lowest BCUT2D eigenvalue weighted by atomic mass is 10.1. The Morgan fingerprint density at radius 3 is 2.81 bits per heavy atom. The van der Waals surface area contributed by atoms with Crippen molar-refractivity contribution in [3.8, 4) is 11.5 Å². The molecule has 1 aromatic carbocycles. The van der Waals surface area contributed by atoms with E-state index in [-0.39, 0.29) is 22.4 Å². The standard InChI is InChI=1S/C12H11N3O5S/c1-2-20-8-4-6(3-7(10(8)16)15(18)19)5-9-11(17)14-12(13)21-9/h3-5,16H,2H2,1H3,(H2,13,14,17). The molecule has 0 fully saturated rings. The van der Waals surface area contributed by atoms with E-state index in [0.29, 0.717) is 5.56 Å². The van der Waals surface area contributed by atoms with Crippen LogP contribution in [0.25, 0.3) is 6.08 Å². The van der Waals surface area contributed by atoms with Gasteiger partial charge < -0.3 is 15.6 Å². The Hall–Kier alpha value is -2.55. The fraction of sp³-hybridized carbons (Fsp3) is 0.167. The number of ether oxygens (including phenoxy) is 1. The predicted octanol–water partition coefficient (Wildman–Crippen LogP) is 1.63. The number of hydrogen-bond acceptors (Lipinski definition) is 7. The second-order valence-corrected chi connectivity index (χ2v) is 5.00. The van der Waals surface area contributed by atoms with E-state index in [1.54, 1.807) is 6.92 Å². The van der Waals surface area contributed by atoms with Crippen LogP contribution in [-0.4, -0.2) is 27.7 Å². The number of nitrogens with zero attached hydrogens (tertiary/aromatic N) is 2. The topological polar surface area (TPSA) is 128 Å². The van der Waals surface area contributed by atoms with Crippen LogP contribution in [0.1, 0.15) is 12.5 Å². The molecule has 0 bridgehead atoms. The summed E-state index contributed by atoms with van der Waals surface area (Å²) in [5, 5.41) is 20.8. The number of nitro groups is 1. The largest absolute Gasteiger partial charge is 0.500 e. The van der Waals surface area contributed by atoms with E-state index in [9.17, 15) is 20.0 Å². The summed E-state index contributed by atoms with van der Waals surface area (Å²) in [6, 6.07) is 2.55. The Bertz CT molecular complexity index is 684. The molecule has 1 amide bonds. The molecular formula is C12H11N3O5S. The molecule has 1 aliphatic rings. The normalized spacial score (nSPS) is 16.1. The van der Waals surface area contributed by atoms with Gasteiger partial charge >= 0.3 is 5.69 Å². The lowest BCUT2D eigenvalue weighted by Gasteiger charge is -2.07. The molecule has 0 radical (unpaired) electrons. The maximum Gasteiger partial charge on any atom is 0.315 e. The minimum Gasteiger partial charge on any atom is -0.500 e. The van der Waals surface area contributed by atoms with Gasteiger partial charge in [0, 0.05) is 6.07 Å². The third-order valence-electron chi connectivity index (χ3n) is 2.51. The number of thioether (sulfide) groups is 1. The first-order chi connectivity index (χ1) is 9.92. The van der Waals surface area contributed by atoms with Gasteiger partial charge in [-0.05, 0) is 36.4 Å². The number of benzene rings is 1. The number of amidine groups is 1. The van der Waals surface area contributed by atoms with E-state index in [2.05, 4.69) is 4.99 Å². The molecular weight excluding hydrogens is 298 g/mol. The number of carbonyl (C=O) groups is 1. The van der Waals surface area contributed by atoms with Crippen molar-refractivity contribution in [2.75, 3.05) is 6.61 Å². The zero-order valence-corrected chi connectivity index (χ0v) is 11.7. The third-order valence-corrected chi connectivity index (χ3v) is 3.32. The number of amides is 1. The summed E-state index contributed by atoms with van der Waals surface area (Å²) in [7, 11) is 0. The maximum atomic E-state index is 11.5. The molecule has 0 aliphatic carbocycles. The molecule has 1 aliphatic heterocycles. The van der Waals surface area contributed by atoms with Crippen LogP contribution in [0.15, 0.2) is 22.0 Å². The average molecular weight is 309 g/mol. The lowest BCUT2D eigenvalue weighted by Crippen LogP contribution is -2.01. The van der Waals surface area contributed by atoms with Crippen LogP contribution in [-0.2, 0) is 4.79 Å². The van der Waals surface area contributed by atoms with Crippen LogP contribution < -0.4 is 10.5 Å². The van der Waals surface area contributed by atoms with Crippen LogP contribution in [0.4, 0.5) is 5.69 Å². The van der Waals surface area contributed by atoms with E-state index in [4.69, 9.17) is 10.5 Å². The number of phenolic OH excluding ortho intramolecular Hbond substituents is 1. The van der Waals surface area contributed by atoms with Gasteiger partial charge in [0.25, 0.3) is 5.91 Å². The van der Waals surface area contributed by atoms with Gasteiger partial charge in [-0.15, -0.1) is 0 Å². The molecule has 0 saturated heterocycles. The number of rotatable bonds is 4. The summed E-state index contributed by atoms with van der Waals surface area (Å²) in [4.78, 5) is 25.5. The van der Waals surface area contributed by atoms with Crippen LogP contribution >= 0.6 is 11.8 Å². The van der Waals surface area contributed by atoms with Gasteiger partial charge in [-0.3, -0.25) is 14.9 Å². The molecule has 9 heteroatoms. The third kappa shape index (κ3) is 3.14. The van der Waals surface area contributed by atoms with Gasteiger partial charge in [0.2, 0.25) is 5.75 Å². The number of nitrogens with two attached hydrogens (primary N) is 1. The number of hydrogen-bond donors (Lipinski definition) is 2. The smallest absolute Gasteiger partial charge is 0.315 e. The molecule has 1 aromatic rings. The Morgan fingerprint density at radius 1 is 1.57 bits per heavy atom. The first-order valence-corrected chi connectivity index (χ1v) is 6.66. The van der Waals surface area contributed by atoms with Crippen LogP contribution in [0.5, 0.6) is 11.5 Å². The fourth-order valence-corrected chi connectivity index (χ4v) is 2.36. The molecule has 110 valence electrons. The highest BCUT2D eigenvalue weighted by Gasteiger charge is 2.23. The van der Waals surface area contributed by atoms with Crippen molar-refractivity contribution in [3.63, 3.8) is 0 Å². The van der Waals surface area contributed by atoms with Gasteiger partial charge in [-0.25, -0.2) is 0 Å². The van der Waals surface area contributed by atoms with Gasteiger partial charge in [0.15, 0.2) is 10.9 Å². The quantitative estimate of drug-likeness (QED) is 0.491. The molecule has 21 heavy (non-hydrogen) atoms. The number of phenols is 1. The molecule has 0 saturated carbocycles. The minimum atomic E-state index is -0.728. The Labute approximate surface area is 123 Å².